The third-order valence-electron chi connectivity index (χ3n) is 3.85. The topological polar surface area (TPSA) is 21.3 Å². The van der Waals surface area contributed by atoms with Gasteiger partial charge in [-0.3, -0.25) is 0 Å². The predicted molar refractivity (Wildman–Crippen MR) is 80.7 cm³/mol. The lowest BCUT2D eigenvalue weighted by molar-refractivity contribution is 0.207. The molecule has 1 aliphatic rings. The molecule has 0 saturated carbocycles. The molecule has 1 aromatic carbocycles. The van der Waals surface area contributed by atoms with Crippen molar-refractivity contribution in [1.29, 1.82) is 0 Å². The molecule has 1 aliphatic heterocycles. The first-order chi connectivity index (χ1) is 9.58. The normalized spacial score (nSPS) is 18.9. The molecule has 1 heterocycles. The smallest absolute Gasteiger partial charge is 0.123 e. The van der Waals surface area contributed by atoms with Crippen molar-refractivity contribution in [2.75, 3.05) is 6.54 Å². The number of ether oxygens (including phenoxy) is 1. The molecule has 1 aromatic rings. The standard InChI is InChI=1S/C17H26FNO/c1-4-19-15(9-12(2)3)6-7-16-11-13-10-14(18)5-8-17(13)20-16/h5,8,10,12,15-16,19H,4,6-7,9,11H2,1-3H3. The van der Waals surface area contributed by atoms with Crippen LogP contribution in [0.4, 0.5) is 4.39 Å². The molecule has 0 aliphatic carbocycles. The van der Waals surface area contributed by atoms with Crippen molar-refractivity contribution in [1.82, 2.24) is 5.32 Å². The number of hydrogen-bond acceptors (Lipinski definition) is 2. The Morgan fingerprint density at radius 1 is 1.40 bits per heavy atom. The molecule has 0 spiro atoms. The van der Waals surface area contributed by atoms with Crippen LogP contribution in [-0.4, -0.2) is 18.7 Å². The zero-order chi connectivity index (χ0) is 14.5. The third kappa shape index (κ3) is 4.20. The number of fused-ring (bicyclic) bond motifs is 1. The van der Waals surface area contributed by atoms with Gasteiger partial charge in [0, 0.05) is 18.0 Å². The van der Waals surface area contributed by atoms with Crippen LogP contribution in [0.15, 0.2) is 18.2 Å². The summed E-state index contributed by atoms with van der Waals surface area (Å²) < 4.78 is 19.1. The Morgan fingerprint density at radius 2 is 2.20 bits per heavy atom. The van der Waals surface area contributed by atoms with E-state index in [9.17, 15) is 4.39 Å². The Balaban J connectivity index is 1.83. The molecule has 0 bridgehead atoms. The molecule has 2 rings (SSSR count). The van der Waals surface area contributed by atoms with Gasteiger partial charge in [-0.2, -0.15) is 0 Å². The number of benzene rings is 1. The summed E-state index contributed by atoms with van der Waals surface area (Å²) in [6, 6.07) is 5.39. The van der Waals surface area contributed by atoms with Crippen molar-refractivity contribution >= 4 is 0 Å². The van der Waals surface area contributed by atoms with Crippen LogP contribution in [0, 0.1) is 11.7 Å². The third-order valence-corrected chi connectivity index (χ3v) is 3.85. The highest BCUT2D eigenvalue weighted by atomic mass is 19.1. The molecule has 2 atom stereocenters. The van der Waals surface area contributed by atoms with E-state index in [0.717, 1.165) is 37.1 Å². The van der Waals surface area contributed by atoms with Crippen LogP contribution in [0.5, 0.6) is 5.75 Å². The molecule has 0 saturated heterocycles. The van der Waals surface area contributed by atoms with Gasteiger partial charge in [0.1, 0.15) is 17.7 Å². The van der Waals surface area contributed by atoms with Gasteiger partial charge in [0.15, 0.2) is 0 Å². The first-order valence-electron chi connectivity index (χ1n) is 7.77. The summed E-state index contributed by atoms with van der Waals surface area (Å²) in [4.78, 5) is 0. The van der Waals surface area contributed by atoms with Gasteiger partial charge in [-0.25, -0.2) is 4.39 Å². The van der Waals surface area contributed by atoms with Gasteiger partial charge in [0.05, 0.1) is 0 Å². The maximum atomic E-state index is 13.2. The van der Waals surface area contributed by atoms with Gasteiger partial charge in [-0.1, -0.05) is 20.8 Å². The van der Waals surface area contributed by atoms with Gasteiger partial charge >= 0.3 is 0 Å². The van der Waals surface area contributed by atoms with Crippen LogP contribution in [-0.2, 0) is 6.42 Å². The zero-order valence-electron chi connectivity index (χ0n) is 12.8. The van der Waals surface area contributed by atoms with Crippen molar-refractivity contribution < 1.29 is 9.13 Å². The summed E-state index contributed by atoms with van der Waals surface area (Å²) in [6.45, 7) is 7.68. The number of rotatable bonds is 7. The zero-order valence-corrected chi connectivity index (χ0v) is 12.8. The minimum atomic E-state index is -0.168. The molecular weight excluding hydrogens is 253 g/mol. The molecule has 2 unspecified atom stereocenters. The summed E-state index contributed by atoms with van der Waals surface area (Å²) in [7, 11) is 0. The summed E-state index contributed by atoms with van der Waals surface area (Å²) in [5.41, 5.74) is 1.01. The maximum Gasteiger partial charge on any atom is 0.123 e. The molecule has 0 fully saturated rings. The van der Waals surface area contributed by atoms with Crippen LogP contribution in [0.3, 0.4) is 0 Å². The van der Waals surface area contributed by atoms with Gasteiger partial charge in [0.2, 0.25) is 0 Å². The highest BCUT2D eigenvalue weighted by Crippen LogP contribution is 2.31. The Labute approximate surface area is 121 Å². The fraction of sp³-hybridized carbons (Fsp3) is 0.647. The highest BCUT2D eigenvalue weighted by molar-refractivity contribution is 5.37. The highest BCUT2D eigenvalue weighted by Gasteiger charge is 2.24. The number of hydrogen-bond donors (Lipinski definition) is 1. The average Bonchev–Trinajstić information content (AvgIpc) is 2.77. The Bertz CT molecular complexity index is 433. The van der Waals surface area contributed by atoms with E-state index in [-0.39, 0.29) is 11.9 Å². The average molecular weight is 279 g/mol. The van der Waals surface area contributed by atoms with Crippen molar-refractivity contribution in [3.8, 4) is 5.75 Å². The van der Waals surface area contributed by atoms with Crippen LogP contribution in [0.25, 0.3) is 0 Å². The molecule has 0 amide bonds. The van der Waals surface area contributed by atoms with Crippen molar-refractivity contribution in [3.05, 3.63) is 29.6 Å². The second-order valence-electron chi connectivity index (χ2n) is 6.16. The van der Waals surface area contributed by atoms with E-state index in [4.69, 9.17) is 4.74 Å². The molecule has 2 nitrogen and oxygen atoms in total. The largest absolute Gasteiger partial charge is 0.490 e. The van der Waals surface area contributed by atoms with Crippen LogP contribution in [0.2, 0.25) is 0 Å². The monoisotopic (exact) mass is 279 g/mol. The van der Waals surface area contributed by atoms with E-state index in [1.165, 1.54) is 12.5 Å². The van der Waals surface area contributed by atoms with E-state index in [1.54, 1.807) is 12.1 Å². The van der Waals surface area contributed by atoms with Gasteiger partial charge in [-0.05, 0) is 49.9 Å². The minimum Gasteiger partial charge on any atom is -0.490 e. The molecule has 0 radical (unpaired) electrons. The molecular formula is C17H26FNO. The Kier molecular flexibility index (Phi) is 5.41. The van der Waals surface area contributed by atoms with E-state index in [1.807, 2.05) is 0 Å². The van der Waals surface area contributed by atoms with Crippen LogP contribution in [0.1, 0.15) is 45.6 Å². The van der Waals surface area contributed by atoms with Crippen LogP contribution >= 0.6 is 0 Å². The second-order valence-corrected chi connectivity index (χ2v) is 6.16. The lowest BCUT2D eigenvalue weighted by atomic mass is 9.97. The fourth-order valence-corrected chi connectivity index (χ4v) is 3.00. The van der Waals surface area contributed by atoms with E-state index in [0.29, 0.717) is 12.0 Å². The molecule has 1 N–H and O–H groups in total. The van der Waals surface area contributed by atoms with Gasteiger partial charge < -0.3 is 10.1 Å². The molecule has 20 heavy (non-hydrogen) atoms. The van der Waals surface area contributed by atoms with Crippen molar-refractivity contribution in [2.24, 2.45) is 5.92 Å². The lowest BCUT2D eigenvalue weighted by Gasteiger charge is -2.21. The quantitative estimate of drug-likeness (QED) is 0.816. The Morgan fingerprint density at radius 3 is 2.90 bits per heavy atom. The first kappa shape index (κ1) is 15.3. The molecule has 3 heteroatoms. The Hall–Kier alpha value is -1.09. The van der Waals surface area contributed by atoms with E-state index in [2.05, 4.69) is 26.1 Å². The number of nitrogens with one attached hydrogen (secondary N) is 1. The van der Waals surface area contributed by atoms with E-state index >= 15 is 0 Å². The van der Waals surface area contributed by atoms with Crippen molar-refractivity contribution in [2.45, 2.75) is 58.6 Å². The minimum absolute atomic E-state index is 0.168. The first-order valence-corrected chi connectivity index (χ1v) is 7.77. The fourth-order valence-electron chi connectivity index (χ4n) is 3.00. The van der Waals surface area contributed by atoms with E-state index < -0.39 is 0 Å². The summed E-state index contributed by atoms with van der Waals surface area (Å²) >= 11 is 0. The van der Waals surface area contributed by atoms with Gasteiger partial charge in [-0.15, -0.1) is 0 Å². The summed E-state index contributed by atoms with van der Waals surface area (Å²) in [5.74, 6) is 1.40. The summed E-state index contributed by atoms with van der Waals surface area (Å²) in [6.07, 6.45) is 4.39. The molecule has 0 aromatic heterocycles. The maximum absolute atomic E-state index is 13.2. The second kappa shape index (κ2) is 7.07. The molecule has 112 valence electrons. The van der Waals surface area contributed by atoms with Crippen LogP contribution < -0.4 is 10.1 Å². The van der Waals surface area contributed by atoms with Gasteiger partial charge in [0.25, 0.3) is 0 Å². The SMILES string of the molecule is CCNC(CCC1Cc2cc(F)ccc2O1)CC(C)C. The lowest BCUT2D eigenvalue weighted by Crippen LogP contribution is -2.31. The summed E-state index contributed by atoms with van der Waals surface area (Å²) in [5, 5.41) is 3.55. The van der Waals surface area contributed by atoms with Crippen molar-refractivity contribution in [3.63, 3.8) is 0 Å². The number of halogens is 1. The predicted octanol–water partition coefficient (Wildman–Crippen LogP) is 3.93.